The minimum atomic E-state index is -3.64. The monoisotopic (exact) mass is 437 g/mol. The molecule has 2 aliphatic rings. The van der Waals surface area contributed by atoms with Crippen molar-refractivity contribution in [3.8, 4) is 0 Å². The molecular weight excluding hydrogens is 410 g/mol. The van der Waals surface area contributed by atoms with Crippen molar-refractivity contribution in [3.63, 3.8) is 0 Å². The maximum absolute atomic E-state index is 13.7. The molecule has 1 aromatic heterocycles. The van der Waals surface area contributed by atoms with Crippen LogP contribution in [0.2, 0.25) is 0 Å². The molecule has 2 saturated heterocycles. The first-order valence-electron chi connectivity index (χ1n) is 10.8. The molecule has 0 radical (unpaired) electrons. The Bertz CT molecular complexity index is 1150. The summed E-state index contributed by atoms with van der Waals surface area (Å²) in [6, 6.07) is 19.6. The van der Waals surface area contributed by atoms with Gasteiger partial charge in [0.2, 0.25) is 10.0 Å². The van der Waals surface area contributed by atoms with Gasteiger partial charge in [0.05, 0.1) is 18.7 Å². The molecule has 3 heterocycles. The van der Waals surface area contributed by atoms with Crippen molar-refractivity contribution in [2.75, 3.05) is 32.8 Å². The number of hydrogen-bond donors (Lipinski definition) is 0. The number of ether oxygens (including phenoxy) is 1. The molecule has 162 valence electrons. The molecule has 0 saturated carbocycles. The predicted octanol–water partition coefficient (Wildman–Crippen LogP) is 3.15. The molecule has 0 bridgehead atoms. The van der Waals surface area contributed by atoms with E-state index in [1.165, 1.54) is 5.56 Å². The molecule has 2 atom stereocenters. The molecule has 0 unspecified atom stereocenters. The Morgan fingerprint density at radius 2 is 1.84 bits per heavy atom. The SMILES string of the molecule is O=S(=O)(c1cccc2cccnc12)N1CC[C@@H]2COCCN(Cc3ccccc3)[C@@H]2C1. The topological polar surface area (TPSA) is 62.7 Å². The summed E-state index contributed by atoms with van der Waals surface area (Å²) in [5, 5.41) is 0.840. The van der Waals surface area contributed by atoms with E-state index in [4.69, 9.17) is 4.74 Å². The van der Waals surface area contributed by atoms with Crippen LogP contribution in [0.3, 0.4) is 0 Å². The van der Waals surface area contributed by atoms with Crippen molar-refractivity contribution >= 4 is 20.9 Å². The van der Waals surface area contributed by atoms with Crippen LogP contribution in [0.5, 0.6) is 0 Å². The lowest BCUT2D eigenvalue weighted by Gasteiger charge is -2.42. The quantitative estimate of drug-likeness (QED) is 0.628. The molecule has 3 aromatic rings. The fourth-order valence-electron chi connectivity index (χ4n) is 4.80. The third-order valence-corrected chi connectivity index (χ3v) is 8.35. The van der Waals surface area contributed by atoms with E-state index < -0.39 is 10.0 Å². The Hall–Kier alpha value is -2.32. The van der Waals surface area contributed by atoms with E-state index in [2.05, 4.69) is 22.0 Å². The molecule has 0 amide bonds. The number of aromatic nitrogens is 1. The molecule has 2 aliphatic heterocycles. The number of benzene rings is 2. The molecule has 5 rings (SSSR count). The van der Waals surface area contributed by atoms with E-state index in [0.717, 1.165) is 24.9 Å². The van der Waals surface area contributed by atoms with Crippen molar-refractivity contribution in [1.82, 2.24) is 14.2 Å². The highest BCUT2D eigenvalue weighted by Gasteiger charge is 2.40. The first-order chi connectivity index (χ1) is 15.1. The Balaban J connectivity index is 1.44. The van der Waals surface area contributed by atoms with Gasteiger partial charge in [-0.05, 0) is 24.1 Å². The fourth-order valence-corrected chi connectivity index (χ4v) is 6.44. The van der Waals surface area contributed by atoms with Crippen LogP contribution in [-0.4, -0.2) is 61.5 Å². The van der Waals surface area contributed by atoms with Gasteiger partial charge in [-0.15, -0.1) is 0 Å². The molecule has 0 aliphatic carbocycles. The van der Waals surface area contributed by atoms with Crippen molar-refractivity contribution in [1.29, 1.82) is 0 Å². The zero-order valence-corrected chi connectivity index (χ0v) is 18.2. The average Bonchev–Trinajstić information content (AvgIpc) is 3.01. The maximum atomic E-state index is 13.7. The molecule has 31 heavy (non-hydrogen) atoms. The van der Waals surface area contributed by atoms with Crippen molar-refractivity contribution in [2.45, 2.75) is 23.9 Å². The fraction of sp³-hybridized carbons (Fsp3) is 0.375. The third kappa shape index (κ3) is 4.11. The Labute approximate surface area is 183 Å². The van der Waals surface area contributed by atoms with Crippen LogP contribution in [0.1, 0.15) is 12.0 Å². The standard InChI is InChI=1S/C24H27N3O3S/c28-31(29,23-10-4-8-20-9-5-12-25-24(20)23)27-13-11-21-18-30-15-14-26(22(21)17-27)16-19-6-2-1-3-7-19/h1-10,12,21-22H,11,13-18H2/t21-,22-/m1/s1. The number of nitrogens with zero attached hydrogens (tertiary/aromatic N) is 3. The van der Waals surface area contributed by atoms with Crippen molar-refractivity contribution in [3.05, 3.63) is 72.4 Å². The van der Waals surface area contributed by atoms with Gasteiger partial charge in [0.25, 0.3) is 0 Å². The summed E-state index contributed by atoms with van der Waals surface area (Å²) in [6.07, 6.45) is 2.45. The van der Waals surface area contributed by atoms with Gasteiger partial charge in [-0.3, -0.25) is 9.88 Å². The van der Waals surface area contributed by atoms with Crippen molar-refractivity contribution < 1.29 is 13.2 Å². The van der Waals surface area contributed by atoms with Crippen LogP contribution >= 0.6 is 0 Å². The minimum Gasteiger partial charge on any atom is -0.380 e. The van der Waals surface area contributed by atoms with Gasteiger partial charge in [-0.1, -0.05) is 48.5 Å². The van der Waals surface area contributed by atoms with E-state index in [1.807, 2.05) is 36.4 Å². The van der Waals surface area contributed by atoms with Crippen molar-refractivity contribution in [2.24, 2.45) is 5.92 Å². The Kier molecular flexibility index (Phi) is 5.75. The highest BCUT2D eigenvalue weighted by atomic mass is 32.2. The summed E-state index contributed by atoms with van der Waals surface area (Å²) in [6.45, 7) is 3.97. The van der Waals surface area contributed by atoms with E-state index in [-0.39, 0.29) is 6.04 Å². The lowest BCUT2D eigenvalue weighted by atomic mass is 9.92. The van der Waals surface area contributed by atoms with Crippen LogP contribution in [-0.2, 0) is 21.3 Å². The van der Waals surface area contributed by atoms with Gasteiger partial charge in [0, 0.05) is 49.7 Å². The van der Waals surface area contributed by atoms with Gasteiger partial charge in [-0.25, -0.2) is 8.42 Å². The highest BCUT2D eigenvalue weighted by molar-refractivity contribution is 7.89. The van der Waals surface area contributed by atoms with Gasteiger partial charge >= 0.3 is 0 Å². The number of hydrogen-bond acceptors (Lipinski definition) is 5. The number of rotatable bonds is 4. The zero-order valence-electron chi connectivity index (χ0n) is 17.4. The molecular formula is C24H27N3O3S. The second-order valence-corrected chi connectivity index (χ2v) is 10.2. The van der Waals surface area contributed by atoms with Gasteiger partial charge in [0.15, 0.2) is 0 Å². The Morgan fingerprint density at radius 1 is 1.00 bits per heavy atom. The summed E-state index contributed by atoms with van der Waals surface area (Å²) < 4.78 is 34.9. The minimum absolute atomic E-state index is 0.133. The smallest absolute Gasteiger partial charge is 0.245 e. The van der Waals surface area contributed by atoms with E-state index in [9.17, 15) is 8.42 Å². The second-order valence-electron chi connectivity index (χ2n) is 8.34. The van der Waals surface area contributed by atoms with Gasteiger partial charge in [-0.2, -0.15) is 4.31 Å². The van der Waals surface area contributed by atoms with E-state index in [0.29, 0.717) is 42.6 Å². The van der Waals surface area contributed by atoms with Crippen LogP contribution in [0.15, 0.2) is 71.8 Å². The van der Waals surface area contributed by atoms with E-state index >= 15 is 0 Å². The largest absolute Gasteiger partial charge is 0.380 e. The highest BCUT2D eigenvalue weighted by Crippen LogP contribution is 2.31. The number of sulfonamides is 1. The lowest BCUT2D eigenvalue weighted by Crippen LogP contribution is -2.54. The maximum Gasteiger partial charge on any atom is 0.245 e. The number of pyridine rings is 1. The number of piperidine rings is 1. The second kappa shape index (κ2) is 8.67. The number of fused-ring (bicyclic) bond motifs is 2. The first kappa shape index (κ1) is 20.6. The first-order valence-corrected chi connectivity index (χ1v) is 12.3. The molecule has 2 aromatic carbocycles. The molecule has 2 fully saturated rings. The zero-order chi connectivity index (χ0) is 21.3. The predicted molar refractivity (Wildman–Crippen MR) is 120 cm³/mol. The van der Waals surface area contributed by atoms with Crippen LogP contribution < -0.4 is 0 Å². The summed E-state index contributed by atoms with van der Waals surface area (Å²) in [5.41, 5.74) is 1.78. The van der Waals surface area contributed by atoms with Gasteiger partial charge in [0.1, 0.15) is 4.90 Å². The lowest BCUT2D eigenvalue weighted by molar-refractivity contribution is 0.0767. The summed E-state index contributed by atoms with van der Waals surface area (Å²) in [7, 11) is -3.64. The average molecular weight is 438 g/mol. The molecule has 7 heteroatoms. The van der Waals surface area contributed by atoms with Crippen LogP contribution in [0.4, 0.5) is 0 Å². The molecule has 0 N–H and O–H groups in total. The van der Waals surface area contributed by atoms with Crippen LogP contribution in [0, 0.1) is 5.92 Å². The van der Waals surface area contributed by atoms with Crippen LogP contribution in [0.25, 0.3) is 10.9 Å². The Morgan fingerprint density at radius 3 is 2.71 bits per heavy atom. The molecule has 0 spiro atoms. The molecule has 6 nitrogen and oxygen atoms in total. The van der Waals surface area contributed by atoms with E-state index in [1.54, 1.807) is 22.6 Å². The summed E-state index contributed by atoms with van der Waals surface area (Å²) in [5.74, 6) is 0.336. The summed E-state index contributed by atoms with van der Waals surface area (Å²) >= 11 is 0. The number of para-hydroxylation sites is 1. The third-order valence-electron chi connectivity index (χ3n) is 6.45. The van der Waals surface area contributed by atoms with Gasteiger partial charge < -0.3 is 4.74 Å². The normalized spacial score (nSPS) is 23.4. The summed E-state index contributed by atoms with van der Waals surface area (Å²) in [4.78, 5) is 7.07.